The minimum Gasteiger partial charge on any atom is -0.349 e. The van der Waals surface area contributed by atoms with Gasteiger partial charge in [-0.05, 0) is 25.1 Å². The lowest BCUT2D eigenvalue weighted by atomic mass is 10.2. The average Bonchev–Trinajstić information content (AvgIpc) is 2.89. The first-order valence-corrected chi connectivity index (χ1v) is 6.86. The third kappa shape index (κ3) is 2.50. The summed E-state index contributed by atoms with van der Waals surface area (Å²) in [6.45, 7) is 2.47. The molecule has 6 nitrogen and oxygen atoms in total. The molecular formula is C14H13ClN4O2. The summed E-state index contributed by atoms with van der Waals surface area (Å²) < 4.78 is 1.71. The minimum absolute atomic E-state index is 0.0675. The van der Waals surface area contributed by atoms with Gasteiger partial charge < -0.3 is 15.2 Å². The number of imidazole rings is 1. The molecule has 1 aliphatic heterocycles. The molecule has 1 aliphatic rings. The number of halogens is 1. The number of nitrogens with one attached hydrogen (secondary N) is 2. The molecule has 0 saturated carbocycles. The van der Waals surface area contributed by atoms with E-state index in [-0.39, 0.29) is 23.3 Å². The van der Waals surface area contributed by atoms with Crippen LogP contribution in [-0.2, 0) is 0 Å². The molecule has 0 radical (unpaired) electrons. The molecule has 0 fully saturated rings. The summed E-state index contributed by atoms with van der Waals surface area (Å²) in [5.41, 5.74) is 0.950. The van der Waals surface area contributed by atoms with E-state index in [1.165, 1.54) is 6.33 Å². The Morgan fingerprint density at radius 3 is 3.10 bits per heavy atom. The summed E-state index contributed by atoms with van der Waals surface area (Å²) in [7, 11) is 0. The molecule has 1 atom stereocenters. The molecule has 0 saturated heterocycles. The van der Waals surface area contributed by atoms with E-state index in [1.807, 2.05) is 6.92 Å². The number of amides is 2. The molecule has 0 aliphatic carbocycles. The van der Waals surface area contributed by atoms with E-state index in [1.54, 1.807) is 28.8 Å². The maximum absolute atomic E-state index is 12.3. The Morgan fingerprint density at radius 1 is 1.52 bits per heavy atom. The van der Waals surface area contributed by atoms with Crippen molar-refractivity contribution in [3.8, 4) is 0 Å². The van der Waals surface area contributed by atoms with Crippen LogP contribution in [0.25, 0.3) is 0 Å². The van der Waals surface area contributed by atoms with Crippen LogP contribution in [-0.4, -0.2) is 27.9 Å². The molecule has 2 aromatic rings. The second kappa shape index (κ2) is 5.21. The van der Waals surface area contributed by atoms with E-state index >= 15 is 0 Å². The zero-order valence-electron chi connectivity index (χ0n) is 11.3. The van der Waals surface area contributed by atoms with Gasteiger partial charge in [-0.15, -0.1) is 0 Å². The fourth-order valence-electron chi connectivity index (χ4n) is 2.27. The molecule has 108 valence electrons. The second-order valence-electron chi connectivity index (χ2n) is 4.87. The zero-order chi connectivity index (χ0) is 15.0. The monoisotopic (exact) mass is 304 g/mol. The normalized spacial score (nSPS) is 17.0. The van der Waals surface area contributed by atoms with Crippen LogP contribution in [0.2, 0.25) is 5.02 Å². The molecule has 1 aromatic heterocycles. The van der Waals surface area contributed by atoms with Crippen LogP contribution in [0.4, 0.5) is 5.69 Å². The third-order valence-corrected chi connectivity index (χ3v) is 3.57. The second-order valence-corrected chi connectivity index (χ2v) is 5.31. The van der Waals surface area contributed by atoms with Crippen molar-refractivity contribution < 1.29 is 9.59 Å². The molecular weight excluding hydrogens is 292 g/mol. The summed E-state index contributed by atoms with van der Waals surface area (Å²) in [4.78, 5) is 28.3. The Labute approximate surface area is 126 Å². The Morgan fingerprint density at radius 2 is 2.33 bits per heavy atom. The van der Waals surface area contributed by atoms with Crippen LogP contribution >= 0.6 is 11.6 Å². The Bertz CT molecular complexity index is 726. The van der Waals surface area contributed by atoms with E-state index in [2.05, 4.69) is 15.6 Å². The maximum atomic E-state index is 12.3. The van der Waals surface area contributed by atoms with Crippen LogP contribution in [0.15, 0.2) is 30.6 Å². The van der Waals surface area contributed by atoms with E-state index in [0.717, 1.165) is 0 Å². The van der Waals surface area contributed by atoms with Crippen LogP contribution < -0.4 is 10.6 Å². The molecule has 2 amide bonds. The number of hydrogen-bond donors (Lipinski definition) is 2. The highest BCUT2D eigenvalue weighted by atomic mass is 35.5. The standard InChI is InChI=1S/C14H13ClN4O2/c1-8-6-16-14(21)12-11(17-7-19(8)12)13(20)18-10-4-2-3-9(15)5-10/h2-5,7-8H,6H2,1H3,(H,16,21)(H,18,20)/t8-/m1/s1. The Balaban J connectivity index is 1.91. The van der Waals surface area contributed by atoms with Gasteiger partial charge in [0.2, 0.25) is 0 Å². The van der Waals surface area contributed by atoms with Crippen LogP contribution in [0.1, 0.15) is 33.9 Å². The van der Waals surface area contributed by atoms with Crippen molar-refractivity contribution in [2.45, 2.75) is 13.0 Å². The lowest BCUT2D eigenvalue weighted by Crippen LogP contribution is -2.38. The van der Waals surface area contributed by atoms with Gasteiger partial charge in [0, 0.05) is 23.3 Å². The molecule has 2 N–H and O–H groups in total. The Kier molecular flexibility index (Phi) is 3.39. The molecule has 0 spiro atoms. The smallest absolute Gasteiger partial charge is 0.276 e. The largest absolute Gasteiger partial charge is 0.349 e. The van der Waals surface area contributed by atoms with E-state index < -0.39 is 5.91 Å². The lowest BCUT2D eigenvalue weighted by molar-refractivity contribution is 0.0906. The number of fused-ring (bicyclic) bond motifs is 1. The van der Waals surface area contributed by atoms with Crippen molar-refractivity contribution >= 4 is 29.1 Å². The van der Waals surface area contributed by atoms with Crippen molar-refractivity contribution in [1.29, 1.82) is 0 Å². The molecule has 2 heterocycles. The summed E-state index contributed by atoms with van der Waals surface area (Å²) in [5, 5.41) is 5.95. The third-order valence-electron chi connectivity index (χ3n) is 3.34. The predicted octanol–water partition coefficient (Wildman–Crippen LogP) is 2.09. The van der Waals surface area contributed by atoms with Gasteiger partial charge in [0.05, 0.1) is 6.33 Å². The molecule has 0 bridgehead atoms. The highest BCUT2D eigenvalue weighted by Crippen LogP contribution is 2.20. The topological polar surface area (TPSA) is 76.0 Å². The fourth-order valence-corrected chi connectivity index (χ4v) is 2.46. The summed E-state index contributed by atoms with van der Waals surface area (Å²) in [6, 6.07) is 6.86. The van der Waals surface area contributed by atoms with Gasteiger partial charge >= 0.3 is 0 Å². The maximum Gasteiger partial charge on any atom is 0.276 e. The lowest BCUT2D eigenvalue weighted by Gasteiger charge is -2.22. The van der Waals surface area contributed by atoms with Gasteiger partial charge in [-0.25, -0.2) is 4.98 Å². The van der Waals surface area contributed by atoms with E-state index in [0.29, 0.717) is 17.3 Å². The SMILES string of the molecule is C[C@@H]1CNC(=O)c2c(C(=O)Nc3cccc(Cl)c3)ncn21. The number of nitrogens with zero attached hydrogens (tertiary/aromatic N) is 2. The van der Waals surface area contributed by atoms with Crippen molar-refractivity contribution in [2.75, 3.05) is 11.9 Å². The first-order valence-electron chi connectivity index (χ1n) is 6.48. The molecule has 7 heteroatoms. The van der Waals surface area contributed by atoms with Gasteiger partial charge in [0.1, 0.15) is 5.69 Å². The minimum atomic E-state index is -0.435. The average molecular weight is 305 g/mol. The summed E-state index contributed by atoms with van der Waals surface area (Å²) >= 11 is 5.88. The zero-order valence-corrected chi connectivity index (χ0v) is 12.0. The fraction of sp³-hybridized carbons (Fsp3) is 0.214. The molecule has 1 aromatic carbocycles. The van der Waals surface area contributed by atoms with Gasteiger partial charge in [-0.2, -0.15) is 0 Å². The molecule has 0 unspecified atom stereocenters. The number of hydrogen-bond acceptors (Lipinski definition) is 3. The van der Waals surface area contributed by atoms with Crippen molar-refractivity contribution in [3.05, 3.63) is 47.0 Å². The number of benzene rings is 1. The predicted molar refractivity (Wildman–Crippen MR) is 78.7 cm³/mol. The van der Waals surface area contributed by atoms with Crippen LogP contribution in [0.5, 0.6) is 0 Å². The number of aromatic nitrogens is 2. The first-order chi connectivity index (χ1) is 10.1. The van der Waals surface area contributed by atoms with Gasteiger partial charge in [0.15, 0.2) is 5.69 Å². The molecule has 3 rings (SSSR count). The number of anilines is 1. The van der Waals surface area contributed by atoms with E-state index in [9.17, 15) is 9.59 Å². The van der Waals surface area contributed by atoms with Crippen LogP contribution in [0.3, 0.4) is 0 Å². The van der Waals surface area contributed by atoms with E-state index in [4.69, 9.17) is 11.6 Å². The Hall–Kier alpha value is -2.34. The highest BCUT2D eigenvalue weighted by molar-refractivity contribution is 6.31. The summed E-state index contributed by atoms with van der Waals surface area (Å²) in [5.74, 6) is -0.725. The van der Waals surface area contributed by atoms with Crippen molar-refractivity contribution in [2.24, 2.45) is 0 Å². The first kappa shape index (κ1) is 13.6. The van der Waals surface area contributed by atoms with Gasteiger partial charge in [-0.3, -0.25) is 9.59 Å². The quantitative estimate of drug-likeness (QED) is 0.892. The molecule has 21 heavy (non-hydrogen) atoms. The number of carbonyl (C=O) groups excluding carboxylic acids is 2. The van der Waals surface area contributed by atoms with Crippen molar-refractivity contribution in [1.82, 2.24) is 14.9 Å². The summed E-state index contributed by atoms with van der Waals surface area (Å²) in [6.07, 6.45) is 1.52. The van der Waals surface area contributed by atoms with Crippen molar-refractivity contribution in [3.63, 3.8) is 0 Å². The van der Waals surface area contributed by atoms with Gasteiger partial charge in [-0.1, -0.05) is 17.7 Å². The van der Waals surface area contributed by atoms with Crippen LogP contribution in [0, 0.1) is 0 Å². The van der Waals surface area contributed by atoms with Gasteiger partial charge in [0.25, 0.3) is 11.8 Å². The number of rotatable bonds is 2. The number of carbonyl (C=O) groups is 2. The highest BCUT2D eigenvalue weighted by Gasteiger charge is 2.29.